The molecule has 0 aliphatic rings. The van der Waals surface area contributed by atoms with Crippen molar-refractivity contribution >= 4 is 0 Å². The van der Waals surface area contributed by atoms with Gasteiger partial charge in [-0.25, -0.2) is 0 Å². The fourth-order valence-corrected chi connectivity index (χ4v) is 2.26. The molecule has 0 saturated heterocycles. The number of aromatic nitrogens is 2. The van der Waals surface area contributed by atoms with E-state index >= 15 is 0 Å². The summed E-state index contributed by atoms with van der Waals surface area (Å²) in [7, 11) is 0. The number of benzene rings is 1. The average molecular weight is 259 g/mol. The van der Waals surface area contributed by atoms with Crippen LogP contribution in [-0.4, -0.2) is 9.97 Å². The molecule has 20 heavy (non-hydrogen) atoms. The van der Waals surface area contributed by atoms with Gasteiger partial charge in [-0.05, 0) is 29.3 Å². The summed E-state index contributed by atoms with van der Waals surface area (Å²) < 4.78 is 0. The number of hydrogen-bond donors (Lipinski definition) is 1. The number of pyridine rings is 1. The molecule has 0 aliphatic carbocycles. The van der Waals surface area contributed by atoms with Crippen LogP contribution in [0.3, 0.4) is 0 Å². The number of aromatic amines is 1. The topological polar surface area (TPSA) is 52.5 Å². The largest absolute Gasteiger partial charge is 0.354 e. The maximum absolute atomic E-state index is 8.99. The molecule has 1 aromatic carbocycles. The Balaban J connectivity index is 2.11. The molecule has 0 unspecified atom stereocenters. The summed E-state index contributed by atoms with van der Waals surface area (Å²) in [6.07, 6.45) is 3.93. The summed E-state index contributed by atoms with van der Waals surface area (Å²) in [5, 5.41) is 8.99. The Kier molecular flexibility index (Phi) is 3.30. The third-order valence-electron chi connectivity index (χ3n) is 3.20. The summed E-state index contributed by atoms with van der Waals surface area (Å²) >= 11 is 0. The van der Waals surface area contributed by atoms with Crippen LogP contribution < -0.4 is 0 Å². The van der Waals surface area contributed by atoms with Gasteiger partial charge < -0.3 is 4.98 Å². The second-order valence-electron chi connectivity index (χ2n) is 4.53. The summed E-state index contributed by atoms with van der Waals surface area (Å²) in [5.74, 6) is 0. The Labute approximate surface area is 117 Å². The molecule has 0 amide bonds. The zero-order valence-corrected chi connectivity index (χ0v) is 10.9. The first-order valence-corrected chi connectivity index (χ1v) is 6.43. The van der Waals surface area contributed by atoms with Gasteiger partial charge in [0, 0.05) is 23.7 Å². The second kappa shape index (κ2) is 5.41. The predicted molar refractivity (Wildman–Crippen MR) is 78.8 cm³/mol. The molecule has 0 saturated carbocycles. The molecule has 0 radical (unpaired) electrons. The molecule has 3 heteroatoms. The van der Waals surface area contributed by atoms with Crippen molar-refractivity contribution in [2.24, 2.45) is 0 Å². The highest BCUT2D eigenvalue weighted by molar-refractivity contribution is 5.71. The molecule has 2 aromatic heterocycles. The van der Waals surface area contributed by atoms with E-state index in [1.807, 2.05) is 42.6 Å². The molecule has 0 atom stereocenters. The van der Waals surface area contributed by atoms with E-state index in [-0.39, 0.29) is 0 Å². The molecule has 2 heterocycles. The lowest BCUT2D eigenvalue weighted by Crippen LogP contribution is -1.85. The fourth-order valence-electron chi connectivity index (χ4n) is 2.26. The number of rotatable bonds is 3. The highest BCUT2D eigenvalue weighted by Crippen LogP contribution is 2.28. The van der Waals surface area contributed by atoms with Crippen LogP contribution in [0.15, 0.2) is 60.9 Å². The van der Waals surface area contributed by atoms with E-state index in [1.165, 1.54) is 0 Å². The molecule has 3 aromatic rings. The second-order valence-corrected chi connectivity index (χ2v) is 4.53. The Morgan fingerprint density at radius 3 is 2.55 bits per heavy atom. The van der Waals surface area contributed by atoms with Crippen LogP contribution in [0.5, 0.6) is 0 Å². The van der Waals surface area contributed by atoms with E-state index in [0.717, 1.165) is 28.1 Å². The Hall–Kier alpha value is -2.86. The van der Waals surface area contributed by atoms with Gasteiger partial charge in [-0.2, -0.15) is 5.26 Å². The molecule has 0 bridgehead atoms. The number of nitrogens with one attached hydrogen (secondary N) is 1. The van der Waals surface area contributed by atoms with Crippen molar-refractivity contribution < 1.29 is 0 Å². The van der Waals surface area contributed by atoms with E-state index in [4.69, 9.17) is 5.26 Å². The van der Waals surface area contributed by atoms with Gasteiger partial charge in [-0.3, -0.25) is 4.98 Å². The van der Waals surface area contributed by atoms with Gasteiger partial charge >= 0.3 is 0 Å². The van der Waals surface area contributed by atoms with Crippen LogP contribution >= 0.6 is 0 Å². The summed E-state index contributed by atoms with van der Waals surface area (Å²) in [6, 6.07) is 18.3. The highest BCUT2D eigenvalue weighted by Gasteiger charge is 2.11. The first kappa shape index (κ1) is 12.2. The summed E-state index contributed by atoms with van der Waals surface area (Å²) in [5.41, 5.74) is 5.11. The first-order valence-electron chi connectivity index (χ1n) is 6.43. The van der Waals surface area contributed by atoms with Gasteiger partial charge in [0.2, 0.25) is 0 Å². The van der Waals surface area contributed by atoms with Gasteiger partial charge in [0.15, 0.2) is 0 Å². The van der Waals surface area contributed by atoms with Crippen molar-refractivity contribution in [3.8, 4) is 28.6 Å². The van der Waals surface area contributed by atoms with Gasteiger partial charge in [0.25, 0.3) is 0 Å². The molecule has 0 fully saturated rings. The lowest BCUT2D eigenvalue weighted by molar-refractivity contribution is 1.25. The standard InChI is InChI=1S/C17H13N3/c18-9-8-14-11-16(13-5-2-1-3-6-13)20-17(14)15-7-4-10-19-12-15/h1-7,10-12,20H,8H2. The highest BCUT2D eigenvalue weighted by atomic mass is 14.7. The Morgan fingerprint density at radius 2 is 1.85 bits per heavy atom. The minimum atomic E-state index is 0.383. The Morgan fingerprint density at radius 1 is 1.05 bits per heavy atom. The van der Waals surface area contributed by atoms with E-state index < -0.39 is 0 Å². The zero-order valence-electron chi connectivity index (χ0n) is 10.9. The zero-order chi connectivity index (χ0) is 13.8. The van der Waals surface area contributed by atoms with E-state index in [9.17, 15) is 0 Å². The summed E-state index contributed by atoms with van der Waals surface area (Å²) in [6.45, 7) is 0. The lowest BCUT2D eigenvalue weighted by Gasteiger charge is -2.00. The molecular formula is C17H13N3. The third-order valence-corrected chi connectivity index (χ3v) is 3.20. The minimum Gasteiger partial charge on any atom is -0.354 e. The molecular weight excluding hydrogens is 246 g/mol. The number of hydrogen-bond acceptors (Lipinski definition) is 2. The first-order chi connectivity index (χ1) is 9.88. The van der Waals surface area contributed by atoms with Crippen molar-refractivity contribution in [2.45, 2.75) is 6.42 Å². The molecule has 3 rings (SSSR count). The maximum Gasteiger partial charge on any atom is 0.0670 e. The molecule has 1 N–H and O–H groups in total. The normalized spacial score (nSPS) is 10.2. The monoisotopic (exact) mass is 259 g/mol. The van der Waals surface area contributed by atoms with E-state index in [0.29, 0.717) is 6.42 Å². The minimum absolute atomic E-state index is 0.383. The van der Waals surface area contributed by atoms with Crippen molar-refractivity contribution in [2.75, 3.05) is 0 Å². The number of nitrogens with zero attached hydrogens (tertiary/aromatic N) is 2. The average Bonchev–Trinajstić information content (AvgIpc) is 2.94. The van der Waals surface area contributed by atoms with Crippen LogP contribution in [0.2, 0.25) is 0 Å². The van der Waals surface area contributed by atoms with Crippen LogP contribution in [0, 0.1) is 11.3 Å². The van der Waals surface area contributed by atoms with Crippen LogP contribution in [0.4, 0.5) is 0 Å². The van der Waals surface area contributed by atoms with Crippen LogP contribution in [-0.2, 0) is 6.42 Å². The van der Waals surface area contributed by atoms with Crippen LogP contribution in [0.1, 0.15) is 5.56 Å². The quantitative estimate of drug-likeness (QED) is 0.777. The van der Waals surface area contributed by atoms with Gasteiger partial charge in [-0.1, -0.05) is 30.3 Å². The number of H-pyrrole nitrogens is 1. The van der Waals surface area contributed by atoms with Gasteiger partial charge in [0.1, 0.15) is 0 Å². The molecule has 0 aliphatic heterocycles. The van der Waals surface area contributed by atoms with E-state index in [2.05, 4.69) is 28.2 Å². The van der Waals surface area contributed by atoms with Crippen molar-refractivity contribution in [3.63, 3.8) is 0 Å². The SMILES string of the molecule is N#CCc1cc(-c2ccccc2)[nH]c1-c1cccnc1. The van der Waals surface area contributed by atoms with Crippen molar-refractivity contribution in [1.82, 2.24) is 9.97 Å². The van der Waals surface area contributed by atoms with Gasteiger partial charge in [0.05, 0.1) is 18.2 Å². The summed E-state index contributed by atoms with van der Waals surface area (Å²) in [4.78, 5) is 7.55. The predicted octanol–water partition coefficient (Wildman–Crippen LogP) is 3.81. The Bertz CT molecular complexity index is 737. The van der Waals surface area contributed by atoms with Gasteiger partial charge in [-0.15, -0.1) is 0 Å². The van der Waals surface area contributed by atoms with Crippen molar-refractivity contribution in [3.05, 3.63) is 66.5 Å². The molecule has 0 spiro atoms. The van der Waals surface area contributed by atoms with E-state index in [1.54, 1.807) is 6.20 Å². The fraction of sp³-hybridized carbons (Fsp3) is 0.0588. The molecule has 96 valence electrons. The lowest BCUT2D eigenvalue weighted by atomic mass is 10.1. The molecule has 3 nitrogen and oxygen atoms in total. The smallest absolute Gasteiger partial charge is 0.0670 e. The van der Waals surface area contributed by atoms with Crippen molar-refractivity contribution in [1.29, 1.82) is 5.26 Å². The maximum atomic E-state index is 8.99. The third kappa shape index (κ3) is 2.32. The van der Waals surface area contributed by atoms with Crippen LogP contribution in [0.25, 0.3) is 22.5 Å². The number of nitriles is 1.